The zero-order chi connectivity index (χ0) is 17.7. The van der Waals surface area contributed by atoms with Crippen LogP contribution in [0.4, 0.5) is 5.69 Å². The van der Waals surface area contributed by atoms with E-state index in [1.807, 2.05) is 14.1 Å². The molecule has 1 unspecified atom stereocenters. The van der Waals surface area contributed by atoms with Crippen molar-refractivity contribution in [2.45, 2.75) is 6.04 Å². The minimum Gasteiger partial charge on any atom is -0.378 e. The highest BCUT2D eigenvalue weighted by Gasteiger charge is 2.25. The fourth-order valence-corrected chi connectivity index (χ4v) is 3.81. The van der Waals surface area contributed by atoms with Crippen molar-refractivity contribution in [1.29, 1.82) is 0 Å². The van der Waals surface area contributed by atoms with Gasteiger partial charge in [-0.3, -0.25) is 4.90 Å². The van der Waals surface area contributed by atoms with E-state index in [1.165, 1.54) is 0 Å². The van der Waals surface area contributed by atoms with Crippen LogP contribution in [0.3, 0.4) is 0 Å². The number of nitrogens with zero attached hydrogens (tertiary/aromatic N) is 3. The summed E-state index contributed by atoms with van der Waals surface area (Å²) in [5, 5.41) is 0. The van der Waals surface area contributed by atoms with Crippen LogP contribution in [-0.4, -0.2) is 76.7 Å². The van der Waals surface area contributed by atoms with Crippen molar-refractivity contribution >= 4 is 31.6 Å². The summed E-state index contributed by atoms with van der Waals surface area (Å²) in [4.78, 5) is 6.72. The van der Waals surface area contributed by atoms with Crippen molar-refractivity contribution in [3.63, 3.8) is 0 Å². The number of nitrogens with one attached hydrogen (secondary N) is 1. The van der Waals surface area contributed by atoms with Crippen molar-refractivity contribution in [3.05, 3.63) is 29.8 Å². The second kappa shape index (κ2) is 8.62. The predicted octanol–water partition coefficient (Wildman–Crippen LogP) is 1.31. The van der Waals surface area contributed by atoms with Gasteiger partial charge in [0.15, 0.2) is 0 Å². The summed E-state index contributed by atoms with van der Waals surface area (Å²) in [6, 6.07) is 8.40. The van der Waals surface area contributed by atoms with Gasteiger partial charge in [0, 0.05) is 58.5 Å². The minimum absolute atomic E-state index is 0.0451. The summed E-state index contributed by atoms with van der Waals surface area (Å²) in [5.41, 5.74) is 2.28. The Labute approximate surface area is 154 Å². The quantitative estimate of drug-likeness (QED) is 0.676. The number of anilines is 1. The Morgan fingerprint density at radius 1 is 1.17 bits per heavy atom. The first-order valence-corrected chi connectivity index (χ1v) is 10.8. The number of benzene rings is 1. The van der Waals surface area contributed by atoms with E-state index in [9.17, 15) is 8.42 Å². The Balaban J connectivity index is 2.18. The van der Waals surface area contributed by atoms with Crippen LogP contribution in [0.5, 0.6) is 0 Å². The zero-order valence-corrected chi connectivity index (χ0v) is 17.0. The van der Waals surface area contributed by atoms with Crippen LogP contribution >= 0.6 is 15.9 Å². The summed E-state index contributed by atoms with van der Waals surface area (Å²) < 4.78 is 26.3. The maximum Gasteiger partial charge on any atom is 0.221 e. The first-order chi connectivity index (χ1) is 11.3. The largest absolute Gasteiger partial charge is 0.378 e. The number of hydrogen-bond donors (Lipinski definition) is 1. The van der Waals surface area contributed by atoms with E-state index in [0.29, 0.717) is 6.54 Å². The number of halogens is 1. The second-order valence-corrected chi connectivity index (χ2v) is 9.52. The third-order valence-electron chi connectivity index (χ3n) is 4.41. The van der Waals surface area contributed by atoms with Gasteiger partial charge in [-0.15, -0.1) is 0 Å². The molecule has 8 heteroatoms. The molecule has 2 rings (SSSR count). The third-order valence-corrected chi connectivity index (χ3v) is 7.12. The number of rotatable bonds is 7. The molecule has 0 amide bonds. The molecule has 0 spiro atoms. The van der Waals surface area contributed by atoms with E-state index in [4.69, 9.17) is 0 Å². The van der Waals surface area contributed by atoms with Crippen LogP contribution in [0.25, 0.3) is 0 Å². The molecule has 136 valence electrons. The Kier molecular flexibility index (Phi) is 7.06. The third kappa shape index (κ3) is 5.42. The summed E-state index contributed by atoms with van der Waals surface area (Å²) in [6.07, 6.45) is 0. The molecule has 1 heterocycles. The predicted molar refractivity (Wildman–Crippen MR) is 103 cm³/mol. The smallest absolute Gasteiger partial charge is 0.221 e. The van der Waals surface area contributed by atoms with Crippen LogP contribution in [0.1, 0.15) is 11.6 Å². The summed E-state index contributed by atoms with van der Waals surface area (Å²) >= 11 is 3.03. The molecule has 0 aliphatic carbocycles. The van der Waals surface area contributed by atoms with Crippen LogP contribution in [0.2, 0.25) is 0 Å². The van der Waals surface area contributed by atoms with Crippen LogP contribution in [0.15, 0.2) is 24.3 Å². The highest BCUT2D eigenvalue weighted by Crippen LogP contribution is 2.24. The maximum atomic E-state index is 11.8. The molecular formula is C16H27BrN4O2S. The molecule has 24 heavy (non-hydrogen) atoms. The normalized spacial score (nSPS) is 18.5. The monoisotopic (exact) mass is 418 g/mol. The van der Waals surface area contributed by atoms with Crippen molar-refractivity contribution in [3.8, 4) is 0 Å². The van der Waals surface area contributed by atoms with Gasteiger partial charge in [-0.25, -0.2) is 13.1 Å². The fraction of sp³-hybridized carbons (Fsp3) is 0.625. The Morgan fingerprint density at radius 2 is 1.75 bits per heavy atom. The van der Waals surface area contributed by atoms with Gasteiger partial charge in [0.2, 0.25) is 10.0 Å². The van der Waals surface area contributed by atoms with Gasteiger partial charge >= 0.3 is 0 Å². The summed E-state index contributed by atoms with van der Waals surface area (Å²) in [6.45, 7) is 4.26. The van der Waals surface area contributed by atoms with Gasteiger partial charge < -0.3 is 9.80 Å². The fourth-order valence-electron chi connectivity index (χ4n) is 2.83. The van der Waals surface area contributed by atoms with Crippen LogP contribution < -0.4 is 9.62 Å². The molecule has 1 N–H and O–H groups in total. The molecule has 6 nitrogen and oxygen atoms in total. The number of piperazine rings is 1. The lowest BCUT2D eigenvalue weighted by Crippen LogP contribution is -2.48. The molecule has 0 saturated carbocycles. The standard InChI is InChI=1S/C16H27BrN4O2S/c1-19(2)15-6-4-14(5-7-15)16(12-18-24(22,23)13-17)21-10-8-20(3)9-11-21/h4-7,16,18H,8-13H2,1-3H3. The summed E-state index contributed by atoms with van der Waals surface area (Å²) in [5.74, 6) is 0. The van der Waals surface area contributed by atoms with Crippen molar-refractivity contribution < 1.29 is 8.42 Å². The van der Waals surface area contributed by atoms with Crippen molar-refractivity contribution in [2.24, 2.45) is 0 Å². The molecular weight excluding hydrogens is 392 g/mol. The second-order valence-electron chi connectivity index (χ2n) is 6.41. The van der Waals surface area contributed by atoms with Gasteiger partial charge in [-0.2, -0.15) is 0 Å². The number of hydrogen-bond acceptors (Lipinski definition) is 5. The van der Waals surface area contributed by atoms with Crippen molar-refractivity contribution in [2.75, 3.05) is 63.4 Å². The van der Waals surface area contributed by atoms with Crippen LogP contribution in [0, 0.1) is 0 Å². The molecule has 1 aliphatic rings. The van der Waals surface area contributed by atoms with Gasteiger partial charge in [0.1, 0.15) is 4.66 Å². The Morgan fingerprint density at radius 3 is 2.25 bits per heavy atom. The van der Waals surface area contributed by atoms with Gasteiger partial charge in [0.05, 0.1) is 0 Å². The average molecular weight is 419 g/mol. The average Bonchev–Trinajstić information content (AvgIpc) is 2.57. The maximum absolute atomic E-state index is 11.8. The molecule has 0 bridgehead atoms. The Bertz CT molecular complexity index is 613. The number of likely N-dealkylation sites (N-methyl/N-ethyl adjacent to an activating group) is 1. The van der Waals surface area contributed by atoms with Gasteiger partial charge in [-0.05, 0) is 24.7 Å². The first kappa shape index (κ1) is 19.7. The number of sulfonamides is 1. The Hall–Kier alpha value is -0.670. The molecule has 1 aliphatic heterocycles. The molecule has 1 saturated heterocycles. The van der Waals surface area contributed by atoms with E-state index < -0.39 is 10.0 Å². The molecule has 1 aromatic rings. The van der Waals surface area contributed by atoms with E-state index in [-0.39, 0.29) is 10.7 Å². The van der Waals surface area contributed by atoms with Gasteiger partial charge in [-0.1, -0.05) is 28.1 Å². The van der Waals surface area contributed by atoms with E-state index in [0.717, 1.165) is 37.4 Å². The first-order valence-electron chi connectivity index (χ1n) is 8.05. The lowest BCUT2D eigenvalue weighted by molar-refractivity contribution is 0.113. The summed E-state index contributed by atoms with van der Waals surface area (Å²) in [7, 11) is 2.87. The molecule has 1 fully saturated rings. The molecule has 0 aromatic heterocycles. The van der Waals surface area contributed by atoms with Crippen LogP contribution in [-0.2, 0) is 10.0 Å². The molecule has 0 radical (unpaired) electrons. The highest BCUT2D eigenvalue weighted by molar-refractivity contribution is 9.10. The molecule has 1 aromatic carbocycles. The lowest BCUT2D eigenvalue weighted by atomic mass is 10.0. The van der Waals surface area contributed by atoms with E-state index >= 15 is 0 Å². The lowest BCUT2D eigenvalue weighted by Gasteiger charge is -2.38. The molecule has 1 atom stereocenters. The van der Waals surface area contributed by atoms with E-state index in [1.54, 1.807) is 0 Å². The van der Waals surface area contributed by atoms with Crippen molar-refractivity contribution in [1.82, 2.24) is 14.5 Å². The number of alkyl halides is 1. The highest BCUT2D eigenvalue weighted by atomic mass is 79.9. The van der Waals surface area contributed by atoms with Gasteiger partial charge in [0.25, 0.3) is 0 Å². The SMILES string of the molecule is CN1CCN(C(CNS(=O)(=O)CBr)c2ccc(N(C)C)cc2)CC1. The topological polar surface area (TPSA) is 55.9 Å². The minimum atomic E-state index is -3.27. The van der Waals surface area contributed by atoms with E-state index in [2.05, 4.69) is 66.7 Å². The zero-order valence-electron chi connectivity index (χ0n) is 14.6.